The Labute approximate surface area is 135 Å². The van der Waals surface area contributed by atoms with Gasteiger partial charge in [-0.2, -0.15) is 0 Å². The van der Waals surface area contributed by atoms with Gasteiger partial charge in [0, 0.05) is 18.5 Å². The van der Waals surface area contributed by atoms with Crippen LogP contribution in [0.15, 0.2) is 0 Å². The summed E-state index contributed by atoms with van der Waals surface area (Å²) >= 11 is 0. The molecule has 1 heterocycles. The molecule has 0 saturated carbocycles. The third kappa shape index (κ3) is 8.18. The number of likely N-dealkylation sites (tertiary alicyclic amines) is 1. The third-order valence-electron chi connectivity index (χ3n) is 3.10. The van der Waals surface area contributed by atoms with Crippen LogP contribution in [0.1, 0.15) is 46.5 Å². The van der Waals surface area contributed by atoms with Crippen molar-refractivity contribution in [2.24, 2.45) is 0 Å². The SMILES string of the molecule is CC(C)(C)NC(=O)NC(=O)COC(=O)CN1CCCCCC1=O. The molecular weight excluding hydrogens is 302 g/mol. The Morgan fingerprint density at radius 3 is 2.52 bits per heavy atom. The summed E-state index contributed by atoms with van der Waals surface area (Å²) in [5.41, 5.74) is -0.478. The van der Waals surface area contributed by atoms with Gasteiger partial charge in [-0.25, -0.2) is 4.79 Å². The fraction of sp³-hybridized carbons (Fsp3) is 0.733. The van der Waals surface area contributed by atoms with Gasteiger partial charge in [0.25, 0.3) is 5.91 Å². The van der Waals surface area contributed by atoms with Crippen molar-refractivity contribution in [3.05, 3.63) is 0 Å². The van der Waals surface area contributed by atoms with Crippen molar-refractivity contribution in [3.8, 4) is 0 Å². The van der Waals surface area contributed by atoms with Gasteiger partial charge in [0.1, 0.15) is 6.54 Å². The van der Waals surface area contributed by atoms with Gasteiger partial charge >= 0.3 is 12.0 Å². The predicted molar refractivity (Wildman–Crippen MR) is 82.4 cm³/mol. The molecule has 0 aliphatic carbocycles. The lowest BCUT2D eigenvalue weighted by molar-refractivity contribution is -0.152. The molecule has 8 nitrogen and oxygen atoms in total. The Bertz CT molecular complexity index is 470. The monoisotopic (exact) mass is 327 g/mol. The maximum atomic E-state index is 11.8. The zero-order chi connectivity index (χ0) is 17.5. The first-order chi connectivity index (χ1) is 10.7. The number of esters is 1. The molecule has 0 atom stereocenters. The predicted octanol–water partition coefficient (Wildman–Crippen LogP) is 0.557. The number of carbonyl (C=O) groups is 4. The highest BCUT2D eigenvalue weighted by molar-refractivity contribution is 5.95. The second-order valence-corrected chi connectivity index (χ2v) is 6.54. The van der Waals surface area contributed by atoms with E-state index >= 15 is 0 Å². The van der Waals surface area contributed by atoms with E-state index < -0.39 is 30.1 Å². The minimum atomic E-state index is -0.720. The molecule has 0 spiro atoms. The minimum Gasteiger partial charge on any atom is -0.454 e. The molecule has 1 rings (SSSR count). The third-order valence-corrected chi connectivity index (χ3v) is 3.10. The van der Waals surface area contributed by atoms with Crippen LogP contribution in [-0.2, 0) is 19.1 Å². The van der Waals surface area contributed by atoms with Crippen molar-refractivity contribution in [1.82, 2.24) is 15.5 Å². The molecule has 1 saturated heterocycles. The summed E-state index contributed by atoms with van der Waals surface area (Å²) in [6, 6.07) is -0.652. The average Bonchev–Trinajstić information content (AvgIpc) is 2.59. The van der Waals surface area contributed by atoms with Crippen LogP contribution in [0.5, 0.6) is 0 Å². The molecule has 4 amide bonds. The van der Waals surface area contributed by atoms with E-state index in [9.17, 15) is 19.2 Å². The van der Waals surface area contributed by atoms with E-state index in [4.69, 9.17) is 4.74 Å². The molecular formula is C15H25N3O5. The maximum Gasteiger partial charge on any atom is 0.326 e. The van der Waals surface area contributed by atoms with Gasteiger partial charge in [-0.05, 0) is 33.6 Å². The molecule has 0 bridgehead atoms. The van der Waals surface area contributed by atoms with Crippen molar-refractivity contribution < 1.29 is 23.9 Å². The van der Waals surface area contributed by atoms with Crippen LogP contribution in [-0.4, -0.2) is 54.0 Å². The number of rotatable bonds is 4. The summed E-state index contributed by atoms with van der Waals surface area (Å²) in [7, 11) is 0. The highest BCUT2D eigenvalue weighted by Crippen LogP contribution is 2.10. The topological polar surface area (TPSA) is 105 Å². The van der Waals surface area contributed by atoms with Crippen LogP contribution in [0.25, 0.3) is 0 Å². The number of urea groups is 1. The van der Waals surface area contributed by atoms with Crippen LogP contribution in [0.4, 0.5) is 4.79 Å². The molecule has 130 valence electrons. The normalized spacial score (nSPS) is 15.6. The second kappa shape index (κ2) is 8.50. The Morgan fingerprint density at radius 1 is 1.17 bits per heavy atom. The number of nitrogens with zero attached hydrogens (tertiary/aromatic N) is 1. The highest BCUT2D eigenvalue weighted by Gasteiger charge is 2.21. The molecule has 0 aromatic heterocycles. The van der Waals surface area contributed by atoms with E-state index in [2.05, 4.69) is 10.6 Å². The summed E-state index contributed by atoms with van der Waals surface area (Å²) < 4.78 is 4.80. The number of amides is 4. The summed E-state index contributed by atoms with van der Waals surface area (Å²) in [5, 5.41) is 4.62. The van der Waals surface area contributed by atoms with Crippen LogP contribution in [0.2, 0.25) is 0 Å². The molecule has 8 heteroatoms. The lowest BCUT2D eigenvalue weighted by Gasteiger charge is -2.20. The summed E-state index contributed by atoms with van der Waals surface area (Å²) in [5.74, 6) is -1.46. The zero-order valence-corrected chi connectivity index (χ0v) is 13.9. The second-order valence-electron chi connectivity index (χ2n) is 6.54. The zero-order valence-electron chi connectivity index (χ0n) is 13.9. The maximum absolute atomic E-state index is 11.8. The fourth-order valence-electron chi connectivity index (χ4n) is 2.09. The Balaban J connectivity index is 2.30. The molecule has 0 aromatic carbocycles. The molecule has 2 N–H and O–H groups in total. The summed E-state index contributed by atoms with van der Waals surface area (Å²) in [6.45, 7) is 5.12. The van der Waals surface area contributed by atoms with Gasteiger partial charge in [-0.1, -0.05) is 6.42 Å². The van der Waals surface area contributed by atoms with Crippen molar-refractivity contribution in [3.63, 3.8) is 0 Å². The Kier molecular flexibility index (Phi) is 6.99. The quantitative estimate of drug-likeness (QED) is 0.734. The van der Waals surface area contributed by atoms with Crippen LogP contribution in [0.3, 0.4) is 0 Å². The summed E-state index contributed by atoms with van der Waals surface area (Å²) in [4.78, 5) is 47.9. The number of hydrogen-bond acceptors (Lipinski definition) is 5. The van der Waals surface area contributed by atoms with E-state index in [1.54, 1.807) is 20.8 Å². The average molecular weight is 327 g/mol. The largest absolute Gasteiger partial charge is 0.454 e. The molecule has 1 fully saturated rings. The fourth-order valence-corrected chi connectivity index (χ4v) is 2.09. The van der Waals surface area contributed by atoms with Gasteiger partial charge in [0.05, 0.1) is 0 Å². The van der Waals surface area contributed by atoms with E-state index in [0.717, 1.165) is 19.3 Å². The van der Waals surface area contributed by atoms with Gasteiger partial charge in [-0.3, -0.25) is 19.7 Å². The lowest BCUT2D eigenvalue weighted by Crippen LogP contribution is -2.49. The number of nitrogens with one attached hydrogen (secondary N) is 2. The summed E-state index contributed by atoms with van der Waals surface area (Å²) in [6.07, 6.45) is 3.07. The number of carbonyl (C=O) groups excluding carboxylic acids is 4. The number of hydrogen-bond donors (Lipinski definition) is 2. The van der Waals surface area contributed by atoms with Crippen molar-refractivity contribution in [2.45, 2.75) is 52.0 Å². The van der Waals surface area contributed by atoms with Crippen LogP contribution < -0.4 is 10.6 Å². The van der Waals surface area contributed by atoms with Gasteiger partial charge < -0.3 is 15.0 Å². The standard InChI is InChI=1S/C15H25N3O5/c1-15(2,3)17-14(22)16-11(19)10-23-13(21)9-18-8-6-4-5-7-12(18)20/h4-10H2,1-3H3,(H2,16,17,19,22). The first-order valence-corrected chi connectivity index (χ1v) is 7.73. The smallest absolute Gasteiger partial charge is 0.326 e. The van der Waals surface area contributed by atoms with E-state index in [-0.39, 0.29) is 12.5 Å². The van der Waals surface area contributed by atoms with Gasteiger partial charge in [0.15, 0.2) is 6.61 Å². The molecule has 0 aromatic rings. The molecule has 0 unspecified atom stereocenters. The minimum absolute atomic E-state index is 0.0755. The Morgan fingerprint density at radius 2 is 1.87 bits per heavy atom. The number of ether oxygens (including phenoxy) is 1. The highest BCUT2D eigenvalue weighted by atomic mass is 16.5. The Hall–Kier alpha value is -2.12. The van der Waals surface area contributed by atoms with Gasteiger partial charge in [-0.15, -0.1) is 0 Å². The molecule has 1 aliphatic rings. The first kappa shape index (κ1) is 18.9. The lowest BCUT2D eigenvalue weighted by atomic mass is 10.1. The van der Waals surface area contributed by atoms with Crippen LogP contribution >= 0.6 is 0 Å². The van der Waals surface area contributed by atoms with Crippen molar-refractivity contribution in [2.75, 3.05) is 19.7 Å². The van der Waals surface area contributed by atoms with Gasteiger partial charge in [0.2, 0.25) is 5.91 Å². The van der Waals surface area contributed by atoms with E-state index in [1.807, 2.05) is 0 Å². The van der Waals surface area contributed by atoms with Crippen molar-refractivity contribution >= 4 is 23.8 Å². The number of imide groups is 1. The van der Waals surface area contributed by atoms with Crippen molar-refractivity contribution in [1.29, 1.82) is 0 Å². The van der Waals surface area contributed by atoms with E-state index in [0.29, 0.717) is 13.0 Å². The molecule has 1 aliphatic heterocycles. The molecule has 23 heavy (non-hydrogen) atoms. The molecule has 0 radical (unpaired) electrons. The van der Waals surface area contributed by atoms with Crippen LogP contribution in [0, 0.1) is 0 Å². The first-order valence-electron chi connectivity index (χ1n) is 7.73. The van der Waals surface area contributed by atoms with E-state index in [1.165, 1.54) is 4.90 Å².